The molecule has 1 aliphatic carbocycles. The zero-order chi connectivity index (χ0) is 20.8. The van der Waals surface area contributed by atoms with E-state index in [4.69, 9.17) is 9.15 Å². The van der Waals surface area contributed by atoms with Gasteiger partial charge >= 0.3 is 5.97 Å². The summed E-state index contributed by atoms with van der Waals surface area (Å²) in [5.41, 5.74) is -0.506. The number of hydrogen-bond donors (Lipinski definition) is 1. The molecule has 29 heavy (non-hydrogen) atoms. The Morgan fingerprint density at radius 2 is 2.10 bits per heavy atom. The van der Waals surface area contributed by atoms with E-state index in [1.807, 2.05) is 0 Å². The number of methoxy groups -OCH3 is 1. The van der Waals surface area contributed by atoms with E-state index in [0.717, 1.165) is 25.7 Å². The van der Waals surface area contributed by atoms with Crippen LogP contribution >= 0.6 is 0 Å². The van der Waals surface area contributed by atoms with Crippen molar-refractivity contribution in [1.82, 2.24) is 9.80 Å². The lowest BCUT2D eigenvalue weighted by atomic mass is 9.79. The van der Waals surface area contributed by atoms with Gasteiger partial charge in [0.2, 0.25) is 17.6 Å². The molecule has 1 amide bonds. The van der Waals surface area contributed by atoms with E-state index in [1.54, 1.807) is 4.90 Å². The van der Waals surface area contributed by atoms with Gasteiger partial charge in [0.25, 0.3) is 0 Å². The number of amides is 1. The number of carbonyl (C=O) groups excluding carboxylic acids is 2. The smallest absolute Gasteiger partial charge is 0.306 e. The zero-order valence-electron chi connectivity index (χ0n) is 16.7. The number of allylic oxidation sites excluding steroid dienone is 2. The highest BCUT2D eigenvalue weighted by Crippen LogP contribution is 2.39. The molecule has 158 valence electrons. The van der Waals surface area contributed by atoms with Crippen molar-refractivity contribution in [3.8, 4) is 5.75 Å². The molecule has 0 bridgehead atoms. The molecule has 1 N–H and O–H groups in total. The third-order valence-corrected chi connectivity index (χ3v) is 5.76. The summed E-state index contributed by atoms with van der Waals surface area (Å²) in [5.74, 6) is -0.551. The standard InChI is InChI=1S/C21H28N2O6/c1-28-19(26)12-17(15-5-3-2-4-6-15)21-20(27)18(25)11-16(29-21)13-22-7-9-23(14-24)10-8-22/h2-3,11,14-15,17,27H,4-10,12-13H2,1H3/t15-,17-/m0/s1. The molecule has 8 nitrogen and oxygen atoms in total. The van der Waals surface area contributed by atoms with Gasteiger partial charge in [0.1, 0.15) is 5.76 Å². The van der Waals surface area contributed by atoms with E-state index in [2.05, 4.69) is 17.1 Å². The van der Waals surface area contributed by atoms with E-state index in [-0.39, 0.29) is 18.1 Å². The van der Waals surface area contributed by atoms with Gasteiger partial charge < -0.3 is 19.2 Å². The lowest BCUT2D eigenvalue weighted by Crippen LogP contribution is -2.45. The minimum atomic E-state index is -0.506. The minimum absolute atomic E-state index is 0.0486. The topological polar surface area (TPSA) is 100 Å². The third kappa shape index (κ3) is 5.26. The van der Waals surface area contributed by atoms with E-state index in [9.17, 15) is 19.5 Å². The molecule has 0 saturated carbocycles. The second kappa shape index (κ2) is 9.73. The van der Waals surface area contributed by atoms with Crippen LogP contribution in [0.2, 0.25) is 0 Å². The van der Waals surface area contributed by atoms with Crippen LogP contribution in [0.3, 0.4) is 0 Å². The van der Waals surface area contributed by atoms with Crippen LogP contribution in [0.15, 0.2) is 27.4 Å². The molecule has 2 heterocycles. The SMILES string of the molecule is COC(=O)C[C@H](c1oc(CN2CCN(C=O)CC2)cc(=O)c1O)[C@H]1CC=CCC1. The van der Waals surface area contributed by atoms with Gasteiger partial charge in [-0.2, -0.15) is 0 Å². The molecule has 0 spiro atoms. The van der Waals surface area contributed by atoms with Crippen molar-refractivity contribution in [2.75, 3.05) is 33.3 Å². The predicted octanol–water partition coefficient (Wildman–Crippen LogP) is 1.62. The molecule has 1 saturated heterocycles. The summed E-state index contributed by atoms with van der Waals surface area (Å²) in [6.07, 6.45) is 7.52. The first-order valence-electron chi connectivity index (χ1n) is 10.0. The van der Waals surface area contributed by atoms with Crippen molar-refractivity contribution in [2.45, 2.75) is 38.1 Å². The van der Waals surface area contributed by atoms with Crippen LogP contribution in [0.5, 0.6) is 5.75 Å². The van der Waals surface area contributed by atoms with Crippen molar-refractivity contribution in [3.63, 3.8) is 0 Å². The van der Waals surface area contributed by atoms with Crippen molar-refractivity contribution in [1.29, 1.82) is 0 Å². The third-order valence-electron chi connectivity index (χ3n) is 5.76. The summed E-state index contributed by atoms with van der Waals surface area (Å²) in [5, 5.41) is 10.4. The maximum Gasteiger partial charge on any atom is 0.306 e. The summed E-state index contributed by atoms with van der Waals surface area (Å²) in [6, 6.07) is 1.31. The maximum absolute atomic E-state index is 12.4. The minimum Gasteiger partial charge on any atom is -0.502 e. The van der Waals surface area contributed by atoms with Gasteiger partial charge in [-0.05, 0) is 25.2 Å². The van der Waals surface area contributed by atoms with E-state index in [1.165, 1.54) is 13.2 Å². The first kappa shape index (κ1) is 21.1. The van der Waals surface area contributed by atoms with Crippen LogP contribution < -0.4 is 5.43 Å². The lowest BCUT2D eigenvalue weighted by Gasteiger charge is -2.32. The second-order valence-corrected chi connectivity index (χ2v) is 7.64. The Balaban J connectivity index is 1.85. The van der Waals surface area contributed by atoms with Gasteiger partial charge in [0.15, 0.2) is 5.76 Å². The van der Waals surface area contributed by atoms with Crippen LogP contribution in [-0.2, 0) is 20.9 Å². The van der Waals surface area contributed by atoms with Gasteiger partial charge in [-0.1, -0.05) is 12.2 Å². The summed E-state index contributed by atoms with van der Waals surface area (Å²) < 4.78 is 10.8. The van der Waals surface area contributed by atoms with Gasteiger partial charge in [0, 0.05) is 38.2 Å². The van der Waals surface area contributed by atoms with E-state index >= 15 is 0 Å². The molecule has 3 rings (SSSR count). The molecular weight excluding hydrogens is 376 g/mol. The Morgan fingerprint density at radius 1 is 1.34 bits per heavy atom. The number of piperazine rings is 1. The Bertz CT molecular complexity index is 810. The van der Waals surface area contributed by atoms with Gasteiger partial charge in [-0.25, -0.2) is 0 Å². The average Bonchev–Trinajstić information content (AvgIpc) is 2.75. The predicted molar refractivity (Wildman–Crippen MR) is 105 cm³/mol. The summed E-state index contributed by atoms with van der Waals surface area (Å²) >= 11 is 0. The fourth-order valence-corrected chi connectivity index (χ4v) is 4.05. The number of ether oxygens (including phenoxy) is 1. The molecule has 1 aromatic heterocycles. The lowest BCUT2D eigenvalue weighted by molar-refractivity contribution is -0.141. The molecule has 1 fully saturated rings. The van der Waals surface area contributed by atoms with Crippen molar-refractivity contribution < 1.29 is 23.8 Å². The quantitative estimate of drug-likeness (QED) is 0.419. The zero-order valence-corrected chi connectivity index (χ0v) is 16.7. The Morgan fingerprint density at radius 3 is 2.72 bits per heavy atom. The molecule has 1 aliphatic heterocycles. The highest BCUT2D eigenvalue weighted by Gasteiger charge is 2.32. The number of aromatic hydroxyl groups is 1. The normalized spacial score (nSPS) is 21.0. The van der Waals surface area contributed by atoms with Crippen molar-refractivity contribution in [2.24, 2.45) is 5.92 Å². The molecule has 1 aromatic rings. The Labute approximate surface area is 169 Å². The van der Waals surface area contributed by atoms with Gasteiger partial charge in [-0.15, -0.1) is 0 Å². The van der Waals surface area contributed by atoms with Crippen LogP contribution in [0.4, 0.5) is 0 Å². The fourth-order valence-electron chi connectivity index (χ4n) is 4.05. The average molecular weight is 404 g/mol. The Hall–Kier alpha value is -2.61. The molecule has 2 aliphatic rings. The molecule has 0 radical (unpaired) electrons. The number of nitrogens with zero attached hydrogens (tertiary/aromatic N) is 2. The Kier molecular flexibility index (Phi) is 7.09. The number of hydrogen-bond acceptors (Lipinski definition) is 7. The van der Waals surface area contributed by atoms with Crippen LogP contribution in [0, 0.1) is 5.92 Å². The number of carbonyl (C=O) groups is 2. The maximum atomic E-state index is 12.4. The van der Waals surface area contributed by atoms with Crippen LogP contribution in [0.1, 0.15) is 43.1 Å². The second-order valence-electron chi connectivity index (χ2n) is 7.64. The largest absolute Gasteiger partial charge is 0.502 e. The summed E-state index contributed by atoms with van der Waals surface area (Å²) in [7, 11) is 1.32. The van der Waals surface area contributed by atoms with Crippen molar-refractivity contribution >= 4 is 12.4 Å². The monoisotopic (exact) mass is 404 g/mol. The van der Waals surface area contributed by atoms with Crippen LogP contribution in [-0.4, -0.2) is 60.6 Å². The van der Waals surface area contributed by atoms with E-state index < -0.39 is 23.1 Å². The highest BCUT2D eigenvalue weighted by molar-refractivity contribution is 5.70. The number of rotatable bonds is 7. The first-order valence-corrected chi connectivity index (χ1v) is 10.0. The van der Waals surface area contributed by atoms with Gasteiger partial charge in [0.05, 0.1) is 20.1 Å². The molecular formula is C21H28N2O6. The summed E-state index contributed by atoms with van der Waals surface area (Å²) in [6.45, 7) is 3.01. The van der Waals surface area contributed by atoms with E-state index in [0.29, 0.717) is 38.5 Å². The summed E-state index contributed by atoms with van der Waals surface area (Å²) in [4.78, 5) is 39.1. The highest BCUT2D eigenvalue weighted by atomic mass is 16.5. The fraction of sp³-hybridized carbons (Fsp3) is 0.571. The van der Waals surface area contributed by atoms with Gasteiger partial charge in [-0.3, -0.25) is 19.3 Å². The number of esters is 1. The van der Waals surface area contributed by atoms with Crippen LogP contribution in [0.25, 0.3) is 0 Å². The van der Waals surface area contributed by atoms with Crippen molar-refractivity contribution in [3.05, 3.63) is 40.0 Å². The molecule has 8 heteroatoms. The first-order chi connectivity index (χ1) is 14.0. The molecule has 0 unspecified atom stereocenters. The molecule has 2 atom stereocenters. The molecule has 0 aromatic carbocycles.